The minimum Gasteiger partial charge on any atom is -0.392 e. The van der Waals surface area contributed by atoms with Crippen molar-refractivity contribution < 1.29 is 13.8 Å². The van der Waals surface area contributed by atoms with Gasteiger partial charge < -0.3 is 14.8 Å². The number of carbonyl (C=O) groups excluding carboxylic acids is 1. The fourth-order valence-electron chi connectivity index (χ4n) is 1.94. The van der Waals surface area contributed by atoms with Gasteiger partial charge in [0.1, 0.15) is 11.9 Å². The summed E-state index contributed by atoms with van der Waals surface area (Å²) >= 11 is 6.31. The largest absolute Gasteiger partial charge is 0.392 e. The molecule has 7 nitrogen and oxygen atoms in total. The van der Waals surface area contributed by atoms with Crippen LogP contribution in [0.15, 0.2) is 10.6 Å². The average Bonchev–Trinajstić information content (AvgIpc) is 2.49. The van der Waals surface area contributed by atoms with Crippen LogP contribution in [0.5, 0.6) is 0 Å². The van der Waals surface area contributed by atoms with Crippen LogP contribution in [0.25, 0.3) is 0 Å². The lowest BCUT2D eigenvalue weighted by Gasteiger charge is -2.28. The first-order valence-electron chi connectivity index (χ1n) is 7.78. The molecule has 0 spiro atoms. The van der Waals surface area contributed by atoms with Crippen molar-refractivity contribution in [3.05, 3.63) is 10.6 Å². The molecule has 0 heterocycles. The Balaban J connectivity index is 6.31. The fourth-order valence-corrected chi connectivity index (χ4v) is 7.69. The zero-order chi connectivity index (χ0) is 20.7. The average molecular weight is 414 g/mol. The van der Waals surface area contributed by atoms with Gasteiger partial charge >= 0.3 is 0 Å². The van der Waals surface area contributed by atoms with Crippen molar-refractivity contribution in [1.82, 2.24) is 0 Å². The third kappa shape index (κ3) is 6.09. The van der Waals surface area contributed by atoms with Crippen molar-refractivity contribution >= 4 is 34.7 Å². The number of hydrogen-bond donors (Lipinski definition) is 1. The van der Waals surface area contributed by atoms with Gasteiger partial charge in [-0.15, -0.1) is 0 Å². The summed E-state index contributed by atoms with van der Waals surface area (Å²) in [6.45, 7) is 9.79. The lowest BCUT2D eigenvalue weighted by atomic mass is 9.72. The first kappa shape index (κ1) is 24.6. The summed E-state index contributed by atoms with van der Waals surface area (Å²) in [5, 5.41) is 28.6. The highest BCUT2D eigenvalue weighted by atomic mass is 32.9. The molecule has 142 valence electrons. The molecule has 0 radical (unpaired) electrons. The van der Waals surface area contributed by atoms with Crippen LogP contribution < -0.4 is 5.73 Å². The standard InChI is InChI=1S/C16H23N4O3PS2/c1-10(2)22-24(25,23-11(3)4)26-15(20)14(7-17)16(8-18,9-19)12(5)13(6)21/h10-12H,20H2,1-6H3/b15-14-. The summed E-state index contributed by atoms with van der Waals surface area (Å²) in [7, 11) is 0. The van der Waals surface area contributed by atoms with Crippen molar-refractivity contribution in [3.8, 4) is 18.2 Å². The van der Waals surface area contributed by atoms with Crippen LogP contribution in [0.1, 0.15) is 41.5 Å². The topological polar surface area (TPSA) is 133 Å². The second kappa shape index (κ2) is 10.1. The van der Waals surface area contributed by atoms with Crippen LogP contribution >= 0.6 is 17.1 Å². The number of hydrogen-bond acceptors (Lipinski definition) is 9. The molecule has 1 unspecified atom stereocenters. The van der Waals surface area contributed by atoms with E-state index in [0.717, 1.165) is 11.4 Å². The summed E-state index contributed by atoms with van der Waals surface area (Å²) in [6, 6.07) is 5.38. The van der Waals surface area contributed by atoms with E-state index in [4.69, 9.17) is 26.6 Å². The minimum absolute atomic E-state index is 0.145. The smallest absolute Gasteiger partial charge is 0.254 e. The zero-order valence-electron chi connectivity index (χ0n) is 15.6. The molecule has 10 heteroatoms. The van der Waals surface area contributed by atoms with Crippen molar-refractivity contribution in [3.63, 3.8) is 0 Å². The monoisotopic (exact) mass is 414 g/mol. The van der Waals surface area contributed by atoms with E-state index in [0.29, 0.717) is 0 Å². The number of allylic oxidation sites excluding steroid dienone is 1. The summed E-state index contributed by atoms with van der Waals surface area (Å²) in [5.74, 6) is -1.45. The first-order chi connectivity index (χ1) is 11.9. The number of Topliss-reactive ketones (excluding diaryl/α,β-unsaturated/α-hetero) is 1. The van der Waals surface area contributed by atoms with Gasteiger partial charge in [-0.3, -0.25) is 4.79 Å². The lowest BCUT2D eigenvalue weighted by molar-refractivity contribution is -0.121. The van der Waals surface area contributed by atoms with Gasteiger partial charge in [-0.2, -0.15) is 15.8 Å². The molecule has 0 aromatic carbocycles. The molecule has 0 aromatic rings. The summed E-state index contributed by atoms with van der Waals surface area (Å²) in [6.07, 6.45) is -0.503. The predicted octanol–water partition coefficient (Wildman–Crippen LogP) is 3.75. The fraction of sp³-hybridized carbons (Fsp3) is 0.625. The second-order valence-electron chi connectivity index (χ2n) is 6.06. The molecule has 0 fully saturated rings. The molecule has 0 amide bonds. The number of nitriles is 3. The number of nitrogens with zero attached hydrogens (tertiary/aromatic N) is 3. The molecule has 2 N–H and O–H groups in total. The third-order valence-electron chi connectivity index (χ3n) is 3.25. The van der Waals surface area contributed by atoms with Gasteiger partial charge in [0.25, 0.3) is 5.69 Å². The van der Waals surface area contributed by atoms with E-state index in [-0.39, 0.29) is 22.8 Å². The van der Waals surface area contributed by atoms with Gasteiger partial charge in [-0.05, 0) is 57.8 Å². The molecule has 0 saturated heterocycles. The molecule has 0 bridgehead atoms. The molecular weight excluding hydrogens is 391 g/mol. The molecule has 0 saturated carbocycles. The van der Waals surface area contributed by atoms with Gasteiger partial charge in [0.15, 0.2) is 5.41 Å². The maximum Gasteiger partial charge on any atom is 0.254 e. The van der Waals surface area contributed by atoms with Crippen LogP contribution in [0.2, 0.25) is 0 Å². The Labute approximate surface area is 164 Å². The zero-order valence-corrected chi connectivity index (χ0v) is 18.2. The van der Waals surface area contributed by atoms with E-state index in [9.17, 15) is 20.6 Å². The van der Waals surface area contributed by atoms with Crippen molar-refractivity contribution in [2.75, 3.05) is 0 Å². The second-order valence-corrected chi connectivity index (χ2v) is 12.1. The minimum atomic E-state index is -2.99. The van der Waals surface area contributed by atoms with Crippen molar-refractivity contribution in [2.24, 2.45) is 17.1 Å². The van der Waals surface area contributed by atoms with Crippen LogP contribution in [0.3, 0.4) is 0 Å². The highest BCUT2D eigenvalue weighted by Crippen LogP contribution is 2.65. The van der Waals surface area contributed by atoms with Gasteiger partial charge in [0.05, 0.1) is 40.9 Å². The van der Waals surface area contributed by atoms with Gasteiger partial charge in [0.2, 0.25) is 0 Å². The highest BCUT2D eigenvalue weighted by Gasteiger charge is 2.46. The first-order valence-corrected chi connectivity index (χ1v) is 11.8. The third-order valence-corrected chi connectivity index (χ3v) is 8.20. The summed E-state index contributed by atoms with van der Waals surface area (Å²) in [4.78, 5) is 11.8. The normalized spacial score (nSPS) is 14.2. The molecule has 0 aromatic heterocycles. The van der Waals surface area contributed by atoms with Crippen LogP contribution in [-0.2, 0) is 25.6 Å². The van der Waals surface area contributed by atoms with Crippen molar-refractivity contribution in [1.29, 1.82) is 15.8 Å². The van der Waals surface area contributed by atoms with Gasteiger partial charge in [0, 0.05) is 0 Å². The number of ketones is 1. The van der Waals surface area contributed by atoms with Crippen LogP contribution in [0.4, 0.5) is 0 Å². The van der Waals surface area contributed by atoms with E-state index >= 15 is 0 Å². The molecule has 0 aliphatic rings. The Bertz CT molecular complexity index is 716. The Morgan fingerprint density at radius 1 is 1.12 bits per heavy atom. The molecule has 0 rings (SSSR count). The Hall–Kier alpha value is -1.40. The molecule has 1 atom stereocenters. The number of rotatable bonds is 9. The SMILES string of the molecule is CC(=O)C(C)C(C#N)(C#N)/C(C#N)=C(/N)SP(=S)(OC(C)C)OC(C)C. The number of nitrogens with two attached hydrogens (primary N) is 1. The quantitative estimate of drug-likeness (QED) is 0.442. The van der Waals surface area contributed by atoms with Gasteiger partial charge in [-0.25, -0.2) is 0 Å². The van der Waals surface area contributed by atoms with E-state index in [1.54, 1.807) is 45.9 Å². The molecule has 0 aliphatic carbocycles. The predicted molar refractivity (Wildman–Crippen MR) is 105 cm³/mol. The van der Waals surface area contributed by atoms with E-state index in [1.165, 1.54) is 13.8 Å². The van der Waals surface area contributed by atoms with E-state index in [1.807, 2.05) is 0 Å². The molecular formula is C16H23N4O3PS2. The van der Waals surface area contributed by atoms with Gasteiger partial charge in [-0.1, -0.05) is 6.92 Å². The Morgan fingerprint density at radius 2 is 1.54 bits per heavy atom. The summed E-state index contributed by atoms with van der Waals surface area (Å²) in [5.41, 5.74) is 0.740. The molecule has 0 aliphatic heterocycles. The van der Waals surface area contributed by atoms with E-state index in [2.05, 4.69) is 0 Å². The van der Waals surface area contributed by atoms with Crippen LogP contribution in [0, 0.1) is 45.3 Å². The van der Waals surface area contributed by atoms with Crippen molar-refractivity contribution in [2.45, 2.75) is 53.8 Å². The molecule has 26 heavy (non-hydrogen) atoms. The maximum absolute atomic E-state index is 11.8. The summed E-state index contributed by atoms with van der Waals surface area (Å²) < 4.78 is 11.4. The highest BCUT2D eigenvalue weighted by molar-refractivity contribution is 8.69. The Kier molecular flexibility index (Phi) is 9.53. The number of carbonyl (C=O) groups is 1. The lowest BCUT2D eigenvalue weighted by Crippen LogP contribution is -2.33. The van der Waals surface area contributed by atoms with Crippen LogP contribution in [-0.4, -0.2) is 18.0 Å². The van der Waals surface area contributed by atoms with E-state index < -0.39 is 22.8 Å². The Morgan fingerprint density at radius 3 is 1.81 bits per heavy atom. The maximum atomic E-state index is 11.8.